The van der Waals surface area contributed by atoms with Crippen LogP contribution in [0.4, 0.5) is 11.5 Å². The Labute approximate surface area is 160 Å². The highest BCUT2D eigenvalue weighted by atomic mass is 35.5. The monoisotopic (exact) mass is 383 g/mol. The number of benzene rings is 2. The highest BCUT2D eigenvalue weighted by Gasteiger charge is 2.12. The lowest BCUT2D eigenvalue weighted by atomic mass is 10.2. The van der Waals surface area contributed by atoms with Gasteiger partial charge in [-0.25, -0.2) is 14.6 Å². The van der Waals surface area contributed by atoms with Crippen molar-refractivity contribution in [3.8, 4) is 5.69 Å². The largest absolute Gasteiger partial charge is 0.339 e. The third kappa shape index (κ3) is 3.00. The molecule has 0 saturated heterocycles. The maximum Gasteiger partial charge on any atom is 0.168 e. The smallest absolute Gasteiger partial charge is 0.168 e. The first-order chi connectivity index (χ1) is 12.5. The fraction of sp³-hybridized carbons (Fsp3) is 0.105. The average molecular weight is 384 g/mol. The van der Waals surface area contributed by atoms with Crippen LogP contribution in [0.15, 0.2) is 48.9 Å². The first-order valence-corrected chi connectivity index (χ1v) is 8.77. The van der Waals surface area contributed by atoms with Crippen LogP contribution in [0.1, 0.15) is 11.1 Å². The number of aromatic nitrogens is 4. The van der Waals surface area contributed by atoms with Gasteiger partial charge in [0.15, 0.2) is 5.65 Å². The van der Waals surface area contributed by atoms with E-state index in [2.05, 4.69) is 20.4 Å². The zero-order chi connectivity index (χ0) is 18.3. The van der Waals surface area contributed by atoms with Gasteiger partial charge in [0.05, 0.1) is 17.3 Å². The molecule has 0 fully saturated rings. The Morgan fingerprint density at radius 1 is 0.923 bits per heavy atom. The van der Waals surface area contributed by atoms with Gasteiger partial charge in [0.2, 0.25) is 0 Å². The third-order valence-electron chi connectivity index (χ3n) is 4.20. The van der Waals surface area contributed by atoms with Gasteiger partial charge < -0.3 is 5.32 Å². The Bertz CT molecular complexity index is 1120. The van der Waals surface area contributed by atoms with Gasteiger partial charge in [-0.15, -0.1) is 0 Å². The van der Waals surface area contributed by atoms with Crippen molar-refractivity contribution >= 4 is 45.7 Å². The Hall–Kier alpha value is -2.63. The Kier molecular flexibility index (Phi) is 4.26. The lowest BCUT2D eigenvalue weighted by molar-refractivity contribution is 0.894. The number of hydrogen-bond acceptors (Lipinski definition) is 4. The molecule has 1 N–H and O–H groups in total. The molecule has 0 saturated carbocycles. The van der Waals surface area contributed by atoms with Crippen molar-refractivity contribution in [3.05, 3.63) is 70.1 Å². The molecular weight excluding hydrogens is 369 g/mol. The van der Waals surface area contributed by atoms with Crippen LogP contribution in [-0.2, 0) is 0 Å². The van der Waals surface area contributed by atoms with Crippen molar-refractivity contribution in [2.24, 2.45) is 0 Å². The molecule has 7 heteroatoms. The van der Waals surface area contributed by atoms with Crippen LogP contribution in [0.5, 0.6) is 0 Å². The van der Waals surface area contributed by atoms with Gasteiger partial charge in [0.25, 0.3) is 0 Å². The molecule has 0 atom stereocenters. The van der Waals surface area contributed by atoms with Gasteiger partial charge in [-0.05, 0) is 49.2 Å². The predicted molar refractivity (Wildman–Crippen MR) is 106 cm³/mol. The minimum absolute atomic E-state index is 0.666. The summed E-state index contributed by atoms with van der Waals surface area (Å²) in [6.45, 7) is 3.93. The SMILES string of the molecule is Cc1ccc(Nc2ncnc3c2cnn3-c2ccc(C)c(Cl)c2)cc1Cl. The summed E-state index contributed by atoms with van der Waals surface area (Å²) < 4.78 is 1.75. The van der Waals surface area contributed by atoms with Gasteiger partial charge in [0.1, 0.15) is 12.1 Å². The summed E-state index contributed by atoms with van der Waals surface area (Å²) in [7, 11) is 0. The topological polar surface area (TPSA) is 55.6 Å². The summed E-state index contributed by atoms with van der Waals surface area (Å²) in [5.74, 6) is 0.666. The fourth-order valence-corrected chi connectivity index (χ4v) is 3.01. The molecule has 2 aromatic heterocycles. The highest BCUT2D eigenvalue weighted by molar-refractivity contribution is 6.31. The lowest BCUT2D eigenvalue weighted by Gasteiger charge is -2.08. The maximum atomic E-state index is 6.25. The van der Waals surface area contributed by atoms with E-state index in [1.165, 1.54) is 6.33 Å². The van der Waals surface area contributed by atoms with Crippen LogP contribution >= 0.6 is 23.2 Å². The predicted octanol–water partition coefficient (Wildman–Crippen LogP) is 5.48. The van der Waals surface area contributed by atoms with Crippen LogP contribution in [0.2, 0.25) is 10.0 Å². The molecule has 5 nitrogen and oxygen atoms in total. The van der Waals surface area contributed by atoms with Crippen molar-refractivity contribution in [1.82, 2.24) is 19.7 Å². The van der Waals surface area contributed by atoms with Crippen LogP contribution in [0.25, 0.3) is 16.7 Å². The highest BCUT2D eigenvalue weighted by Crippen LogP contribution is 2.28. The molecule has 0 amide bonds. The number of rotatable bonds is 3. The zero-order valence-electron chi connectivity index (χ0n) is 14.2. The van der Waals surface area contributed by atoms with Gasteiger partial charge in [-0.1, -0.05) is 35.3 Å². The van der Waals surface area contributed by atoms with E-state index in [4.69, 9.17) is 23.2 Å². The van der Waals surface area contributed by atoms with Gasteiger partial charge in [0, 0.05) is 15.7 Å². The summed E-state index contributed by atoms with van der Waals surface area (Å²) in [6, 6.07) is 11.6. The number of nitrogens with one attached hydrogen (secondary N) is 1. The number of anilines is 2. The van der Waals surface area contributed by atoms with E-state index in [1.54, 1.807) is 10.9 Å². The number of hydrogen-bond donors (Lipinski definition) is 1. The zero-order valence-corrected chi connectivity index (χ0v) is 15.7. The van der Waals surface area contributed by atoms with E-state index in [1.807, 2.05) is 50.2 Å². The van der Waals surface area contributed by atoms with Gasteiger partial charge in [-0.3, -0.25) is 0 Å². The summed E-state index contributed by atoms with van der Waals surface area (Å²) in [5, 5.41) is 9.94. The molecular formula is C19H15Cl2N5. The molecule has 2 aromatic carbocycles. The van der Waals surface area contributed by atoms with Crippen molar-refractivity contribution in [3.63, 3.8) is 0 Å². The first-order valence-electron chi connectivity index (χ1n) is 8.01. The lowest BCUT2D eigenvalue weighted by Crippen LogP contribution is -2.00. The van der Waals surface area contributed by atoms with E-state index < -0.39 is 0 Å². The van der Waals surface area contributed by atoms with Gasteiger partial charge >= 0.3 is 0 Å². The van der Waals surface area contributed by atoms with E-state index in [0.29, 0.717) is 21.5 Å². The van der Waals surface area contributed by atoms with E-state index in [9.17, 15) is 0 Å². The Balaban J connectivity index is 1.77. The normalized spacial score (nSPS) is 11.1. The summed E-state index contributed by atoms with van der Waals surface area (Å²) >= 11 is 12.5. The molecule has 0 aliphatic rings. The number of fused-ring (bicyclic) bond motifs is 1. The van der Waals surface area contributed by atoms with Gasteiger partial charge in [-0.2, -0.15) is 5.10 Å². The molecule has 0 radical (unpaired) electrons. The van der Waals surface area contributed by atoms with Crippen LogP contribution < -0.4 is 5.32 Å². The molecule has 4 aromatic rings. The summed E-state index contributed by atoms with van der Waals surface area (Å²) in [4.78, 5) is 8.73. The second kappa shape index (κ2) is 6.59. The molecule has 0 unspecified atom stereocenters. The molecule has 130 valence electrons. The molecule has 26 heavy (non-hydrogen) atoms. The van der Waals surface area contributed by atoms with E-state index >= 15 is 0 Å². The molecule has 2 heterocycles. The van der Waals surface area contributed by atoms with Crippen molar-refractivity contribution in [2.45, 2.75) is 13.8 Å². The molecule has 0 aliphatic carbocycles. The van der Waals surface area contributed by atoms with Crippen LogP contribution in [0.3, 0.4) is 0 Å². The molecule has 4 rings (SSSR count). The average Bonchev–Trinajstić information content (AvgIpc) is 3.06. The Morgan fingerprint density at radius 2 is 1.65 bits per heavy atom. The molecule has 0 aliphatic heterocycles. The summed E-state index contributed by atoms with van der Waals surface area (Å²) in [6.07, 6.45) is 3.25. The van der Waals surface area contributed by atoms with Crippen molar-refractivity contribution in [1.29, 1.82) is 0 Å². The second-order valence-corrected chi connectivity index (χ2v) is 6.85. The van der Waals surface area contributed by atoms with E-state index in [0.717, 1.165) is 27.9 Å². The quantitative estimate of drug-likeness (QED) is 0.508. The third-order valence-corrected chi connectivity index (χ3v) is 5.01. The Morgan fingerprint density at radius 3 is 2.38 bits per heavy atom. The standard InChI is InChI=1S/C19H15Cl2N5/c1-11-3-5-13(7-16(11)20)25-18-15-9-24-26(19(15)23-10-22-18)14-6-4-12(2)17(21)8-14/h3-10H,1-2H3,(H,22,23,25). The van der Waals surface area contributed by atoms with Crippen molar-refractivity contribution in [2.75, 3.05) is 5.32 Å². The minimum atomic E-state index is 0.666. The number of nitrogens with zero attached hydrogens (tertiary/aromatic N) is 4. The van der Waals surface area contributed by atoms with Crippen molar-refractivity contribution < 1.29 is 0 Å². The number of halogens is 2. The fourth-order valence-electron chi connectivity index (χ4n) is 2.65. The minimum Gasteiger partial charge on any atom is -0.339 e. The summed E-state index contributed by atoms with van der Waals surface area (Å²) in [5.41, 5.74) is 4.43. The van der Waals surface area contributed by atoms with Crippen LogP contribution in [0, 0.1) is 13.8 Å². The second-order valence-electron chi connectivity index (χ2n) is 6.04. The van der Waals surface area contributed by atoms with Crippen LogP contribution in [-0.4, -0.2) is 19.7 Å². The maximum absolute atomic E-state index is 6.25. The van der Waals surface area contributed by atoms with E-state index in [-0.39, 0.29) is 0 Å². The first kappa shape index (κ1) is 16.8. The molecule has 0 bridgehead atoms. The number of aryl methyl sites for hydroxylation is 2. The molecule has 0 spiro atoms.